The van der Waals surface area contributed by atoms with Gasteiger partial charge in [0.25, 0.3) is 11.8 Å². The molecule has 1 aliphatic rings. The van der Waals surface area contributed by atoms with Crippen molar-refractivity contribution < 1.29 is 9.59 Å². The molecular weight excluding hydrogens is 316 g/mol. The van der Waals surface area contributed by atoms with E-state index in [0.29, 0.717) is 11.1 Å². The Balaban J connectivity index is 1.63. The zero-order chi connectivity index (χ0) is 15.4. The van der Waals surface area contributed by atoms with Gasteiger partial charge in [0.05, 0.1) is 0 Å². The lowest BCUT2D eigenvalue weighted by Gasteiger charge is -2.32. The maximum atomic E-state index is 12.2. The third kappa shape index (κ3) is 3.56. The fourth-order valence-corrected chi connectivity index (χ4v) is 4.04. The second kappa shape index (κ2) is 7.07. The van der Waals surface area contributed by atoms with Gasteiger partial charge in [-0.25, -0.2) is 0 Å². The summed E-state index contributed by atoms with van der Waals surface area (Å²) < 4.78 is 0. The monoisotopic (exact) mass is 334 g/mol. The molecule has 0 radical (unpaired) electrons. The van der Waals surface area contributed by atoms with Crippen molar-refractivity contribution >= 4 is 34.5 Å². The van der Waals surface area contributed by atoms with Crippen LogP contribution in [0.1, 0.15) is 46.4 Å². The van der Waals surface area contributed by atoms with E-state index in [9.17, 15) is 9.59 Å². The second-order valence-corrected chi connectivity index (χ2v) is 7.03. The highest BCUT2D eigenvalue weighted by atomic mass is 32.1. The van der Waals surface area contributed by atoms with E-state index in [1.165, 1.54) is 22.7 Å². The number of rotatable bonds is 4. The van der Waals surface area contributed by atoms with Crippen molar-refractivity contribution in [1.82, 2.24) is 10.6 Å². The van der Waals surface area contributed by atoms with Gasteiger partial charge < -0.3 is 10.6 Å². The largest absolute Gasteiger partial charge is 0.347 e. The minimum atomic E-state index is -0.0528. The quantitative estimate of drug-likeness (QED) is 0.901. The van der Waals surface area contributed by atoms with Crippen molar-refractivity contribution in [3.63, 3.8) is 0 Å². The first-order valence-electron chi connectivity index (χ1n) is 7.40. The maximum absolute atomic E-state index is 12.2. The van der Waals surface area contributed by atoms with Gasteiger partial charge in [0, 0.05) is 34.0 Å². The zero-order valence-electron chi connectivity index (χ0n) is 12.1. The van der Waals surface area contributed by atoms with Crippen molar-refractivity contribution in [2.75, 3.05) is 0 Å². The summed E-state index contributed by atoms with van der Waals surface area (Å²) in [7, 11) is 0. The van der Waals surface area contributed by atoms with Crippen LogP contribution in [0, 0.1) is 0 Å². The van der Waals surface area contributed by atoms with E-state index in [1.54, 1.807) is 0 Å². The number of carbonyl (C=O) groups excluding carboxylic acids is 2. The molecule has 0 aliphatic heterocycles. The van der Waals surface area contributed by atoms with E-state index in [4.69, 9.17) is 0 Å². The molecule has 0 aromatic carbocycles. The van der Waals surface area contributed by atoms with E-state index in [-0.39, 0.29) is 23.9 Å². The van der Waals surface area contributed by atoms with Crippen LogP contribution in [0.25, 0.3) is 0 Å². The average Bonchev–Trinajstić information content (AvgIpc) is 3.23. The summed E-state index contributed by atoms with van der Waals surface area (Å²) in [5.41, 5.74) is 1.39. The van der Waals surface area contributed by atoms with Gasteiger partial charge in [-0.15, -0.1) is 0 Å². The summed E-state index contributed by atoms with van der Waals surface area (Å²) in [6.07, 6.45) is 3.98. The molecular formula is C16H18N2O2S2. The molecule has 6 heteroatoms. The molecule has 1 fully saturated rings. The first kappa shape index (κ1) is 15.2. The van der Waals surface area contributed by atoms with Crippen LogP contribution in [-0.2, 0) is 0 Å². The Labute approximate surface area is 137 Å². The molecule has 2 aromatic rings. The summed E-state index contributed by atoms with van der Waals surface area (Å²) >= 11 is 3.02. The third-order valence-corrected chi connectivity index (χ3v) is 5.33. The molecule has 4 nitrogen and oxygen atoms in total. The van der Waals surface area contributed by atoms with Crippen LogP contribution in [0.15, 0.2) is 33.7 Å². The molecule has 2 aromatic heterocycles. The lowest BCUT2D eigenvalue weighted by molar-refractivity contribution is 0.0863. The maximum Gasteiger partial charge on any atom is 0.252 e. The van der Waals surface area contributed by atoms with Gasteiger partial charge >= 0.3 is 0 Å². The highest BCUT2D eigenvalue weighted by molar-refractivity contribution is 7.08. The Morgan fingerprint density at radius 2 is 1.32 bits per heavy atom. The molecule has 2 atom stereocenters. The number of thiophene rings is 2. The summed E-state index contributed by atoms with van der Waals surface area (Å²) in [5, 5.41) is 13.6. The first-order valence-corrected chi connectivity index (χ1v) is 9.29. The predicted molar refractivity (Wildman–Crippen MR) is 89.6 cm³/mol. The summed E-state index contributed by atoms with van der Waals surface area (Å²) in [6, 6.07) is 3.65. The van der Waals surface area contributed by atoms with Crippen LogP contribution in [-0.4, -0.2) is 23.9 Å². The Kier molecular flexibility index (Phi) is 4.90. The molecule has 1 saturated carbocycles. The van der Waals surface area contributed by atoms with Crippen molar-refractivity contribution in [3.8, 4) is 0 Å². The average molecular weight is 334 g/mol. The fraction of sp³-hybridized carbons (Fsp3) is 0.375. The van der Waals surface area contributed by atoms with Crippen LogP contribution >= 0.6 is 22.7 Å². The Morgan fingerprint density at radius 1 is 0.864 bits per heavy atom. The first-order chi connectivity index (χ1) is 10.7. The second-order valence-electron chi connectivity index (χ2n) is 5.47. The van der Waals surface area contributed by atoms with E-state index in [1.807, 2.05) is 33.7 Å². The van der Waals surface area contributed by atoms with E-state index in [0.717, 1.165) is 25.7 Å². The Morgan fingerprint density at radius 3 is 1.68 bits per heavy atom. The fourth-order valence-electron chi connectivity index (χ4n) is 2.77. The van der Waals surface area contributed by atoms with Crippen LogP contribution in [0.4, 0.5) is 0 Å². The molecule has 2 heterocycles. The van der Waals surface area contributed by atoms with Crippen LogP contribution in [0.3, 0.4) is 0 Å². The Bertz CT molecular complexity index is 566. The molecule has 2 amide bonds. The van der Waals surface area contributed by atoms with Crippen molar-refractivity contribution in [2.45, 2.75) is 37.8 Å². The van der Waals surface area contributed by atoms with E-state index >= 15 is 0 Å². The van der Waals surface area contributed by atoms with Crippen LogP contribution < -0.4 is 10.6 Å². The van der Waals surface area contributed by atoms with Gasteiger partial charge in [-0.3, -0.25) is 9.59 Å². The molecule has 22 heavy (non-hydrogen) atoms. The highest BCUT2D eigenvalue weighted by Gasteiger charge is 2.28. The van der Waals surface area contributed by atoms with Gasteiger partial charge in [-0.1, -0.05) is 12.8 Å². The van der Waals surface area contributed by atoms with Gasteiger partial charge in [-0.2, -0.15) is 22.7 Å². The lowest BCUT2D eigenvalue weighted by Crippen LogP contribution is -2.53. The SMILES string of the molecule is O=C(NC1CCCCC1NC(=O)c1ccsc1)c1ccsc1. The molecule has 0 saturated heterocycles. The number of amides is 2. The van der Waals surface area contributed by atoms with Crippen LogP contribution in [0.5, 0.6) is 0 Å². The van der Waals surface area contributed by atoms with Crippen LogP contribution in [0.2, 0.25) is 0 Å². The minimum Gasteiger partial charge on any atom is -0.347 e. The number of carbonyl (C=O) groups is 2. The van der Waals surface area contributed by atoms with Crippen molar-refractivity contribution in [1.29, 1.82) is 0 Å². The standard InChI is InChI=1S/C16H18N2O2S2/c19-15(11-5-7-21-9-11)17-13-3-1-2-4-14(13)18-16(20)12-6-8-22-10-12/h5-10,13-14H,1-4H2,(H,17,19)(H,18,20). The normalized spacial score (nSPS) is 21.3. The van der Waals surface area contributed by atoms with Crippen molar-refractivity contribution in [2.24, 2.45) is 0 Å². The summed E-state index contributed by atoms with van der Waals surface area (Å²) in [4.78, 5) is 24.4. The predicted octanol–water partition coefficient (Wildman–Crippen LogP) is 3.28. The number of hydrogen-bond acceptors (Lipinski definition) is 4. The van der Waals surface area contributed by atoms with Gasteiger partial charge in [-0.05, 0) is 35.7 Å². The smallest absolute Gasteiger partial charge is 0.252 e. The van der Waals surface area contributed by atoms with Gasteiger partial charge in [0.15, 0.2) is 0 Å². The number of hydrogen-bond donors (Lipinski definition) is 2. The van der Waals surface area contributed by atoms with Gasteiger partial charge in [0.1, 0.15) is 0 Å². The molecule has 116 valence electrons. The van der Waals surface area contributed by atoms with E-state index in [2.05, 4.69) is 10.6 Å². The Hall–Kier alpha value is -1.66. The van der Waals surface area contributed by atoms with Gasteiger partial charge in [0.2, 0.25) is 0 Å². The molecule has 2 unspecified atom stereocenters. The lowest BCUT2D eigenvalue weighted by atomic mass is 9.90. The summed E-state index contributed by atoms with van der Waals surface area (Å²) in [5.74, 6) is -0.106. The summed E-state index contributed by atoms with van der Waals surface area (Å²) in [6.45, 7) is 0. The minimum absolute atomic E-state index is 0.00346. The molecule has 0 spiro atoms. The zero-order valence-corrected chi connectivity index (χ0v) is 13.7. The molecule has 1 aliphatic carbocycles. The number of nitrogens with one attached hydrogen (secondary N) is 2. The topological polar surface area (TPSA) is 58.2 Å². The molecule has 0 bridgehead atoms. The third-order valence-electron chi connectivity index (χ3n) is 3.97. The van der Waals surface area contributed by atoms with E-state index < -0.39 is 0 Å². The molecule has 2 N–H and O–H groups in total. The van der Waals surface area contributed by atoms with Crippen molar-refractivity contribution in [3.05, 3.63) is 44.8 Å². The highest BCUT2D eigenvalue weighted by Crippen LogP contribution is 2.20. The molecule has 3 rings (SSSR count).